The van der Waals surface area contributed by atoms with E-state index in [2.05, 4.69) is 22.9 Å². The van der Waals surface area contributed by atoms with Gasteiger partial charge in [-0.2, -0.15) is 0 Å². The predicted molar refractivity (Wildman–Crippen MR) is 105 cm³/mol. The van der Waals surface area contributed by atoms with E-state index in [-0.39, 0.29) is 18.4 Å². The number of hydrogen-bond donors (Lipinski definition) is 3. The van der Waals surface area contributed by atoms with E-state index < -0.39 is 0 Å². The number of amides is 2. The molecule has 6 heteroatoms. The third kappa shape index (κ3) is 6.50. The molecule has 0 bridgehead atoms. The molecule has 5 nitrogen and oxygen atoms in total. The van der Waals surface area contributed by atoms with Crippen LogP contribution in [-0.2, 0) is 11.3 Å². The van der Waals surface area contributed by atoms with Crippen LogP contribution in [0.3, 0.4) is 0 Å². The molecule has 0 aliphatic heterocycles. The van der Waals surface area contributed by atoms with Gasteiger partial charge >= 0.3 is 0 Å². The molecule has 0 aliphatic rings. The fraction of sp³-hybridized carbons (Fsp3) is 0.300. The molecule has 26 heavy (non-hydrogen) atoms. The molecule has 0 unspecified atom stereocenters. The Morgan fingerprint density at radius 2 is 1.88 bits per heavy atom. The van der Waals surface area contributed by atoms with Crippen LogP contribution in [0, 0.1) is 0 Å². The van der Waals surface area contributed by atoms with E-state index in [1.54, 1.807) is 24.3 Å². The summed E-state index contributed by atoms with van der Waals surface area (Å²) in [6.07, 6.45) is 1.97. The molecule has 0 atom stereocenters. The van der Waals surface area contributed by atoms with Crippen LogP contribution in [0.1, 0.15) is 35.7 Å². The molecule has 138 valence electrons. The summed E-state index contributed by atoms with van der Waals surface area (Å²) < 4.78 is 0. The van der Waals surface area contributed by atoms with Crippen LogP contribution in [0.25, 0.3) is 0 Å². The lowest BCUT2D eigenvalue weighted by Crippen LogP contribution is -2.28. The molecular formula is C20H24ClN3O2. The Morgan fingerprint density at radius 3 is 2.65 bits per heavy atom. The number of benzene rings is 2. The average molecular weight is 374 g/mol. The molecule has 2 aromatic rings. The van der Waals surface area contributed by atoms with Crippen LogP contribution in [0.5, 0.6) is 0 Å². The van der Waals surface area contributed by atoms with Crippen LogP contribution in [0.2, 0.25) is 5.02 Å². The number of rotatable bonds is 9. The van der Waals surface area contributed by atoms with Crippen LogP contribution in [0.4, 0.5) is 5.69 Å². The van der Waals surface area contributed by atoms with Crippen LogP contribution in [-0.4, -0.2) is 24.9 Å². The van der Waals surface area contributed by atoms with Gasteiger partial charge < -0.3 is 16.0 Å². The standard InChI is InChI=1S/C20H24ClN3O2/c1-2-3-11-23-20(26)15-8-6-9-17(12-15)24-19(25)14-22-13-16-7-4-5-10-18(16)21/h4-10,12,22H,2-3,11,13-14H2,1H3,(H,23,26)(H,24,25). The van der Waals surface area contributed by atoms with E-state index in [1.807, 2.05) is 24.3 Å². The van der Waals surface area contributed by atoms with E-state index in [1.165, 1.54) is 0 Å². The molecule has 0 spiro atoms. The maximum atomic E-state index is 12.1. The van der Waals surface area contributed by atoms with Gasteiger partial charge in [-0.3, -0.25) is 9.59 Å². The maximum Gasteiger partial charge on any atom is 0.251 e. The maximum absolute atomic E-state index is 12.1. The Labute approximate surface area is 159 Å². The van der Waals surface area contributed by atoms with Crippen molar-refractivity contribution in [3.63, 3.8) is 0 Å². The third-order valence-electron chi connectivity index (χ3n) is 3.78. The summed E-state index contributed by atoms with van der Waals surface area (Å²) in [5.41, 5.74) is 2.06. The van der Waals surface area contributed by atoms with Crippen LogP contribution >= 0.6 is 11.6 Å². The van der Waals surface area contributed by atoms with Crippen molar-refractivity contribution >= 4 is 29.1 Å². The van der Waals surface area contributed by atoms with Gasteiger partial charge in [0, 0.05) is 29.4 Å². The first kappa shape index (κ1) is 19.9. The summed E-state index contributed by atoms with van der Waals surface area (Å²) in [5.74, 6) is -0.313. The van der Waals surface area contributed by atoms with E-state index in [9.17, 15) is 9.59 Å². The largest absolute Gasteiger partial charge is 0.352 e. The number of anilines is 1. The first-order valence-corrected chi connectivity index (χ1v) is 9.10. The van der Waals surface area contributed by atoms with Crippen molar-refractivity contribution in [1.29, 1.82) is 0 Å². The lowest BCUT2D eigenvalue weighted by Gasteiger charge is -2.09. The van der Waals surface area contributed by atoms with Crippen molar-refractivity contribution in [2.24, 2.45) is 0 Å². The van der Waals surface area contributed by atoms with Crippen molar-refractivity contribution in [2.45, 2.75) is 26.3 Å². The minimum atomic E-state index is -0.180. The highest BCUT2D eigenvalue weighted by Gasteiger charge is 2.08. The molecule has 2 rings (SSSR count). The number of hydrogen-bond acceptors (Lipinski definition) is 3. The molecule has 0 heterocycles. The van der Waals surface area contributed by atoms with E-state index in [0.717, 1.165) is 18.4 Å². The van der Waals surface area contributed by atoms with Crippen molar-refractivity contribution < 1.29 is 9.59 Å². The number of nitrogens with one attached hydrogen (secondary N) is 3. The zero-order valence-electron chi connectivity index (χ0n) is 14.8. The minimum absolute atomic E-state index is 0.133. The second-order valence-electron chi connectivity index (χ2n) is 5.93. The van der Waals surface area contributed by atoms with Crippen molar-refractivity contribution in [3.05, 3.63) is 64.7 Å². The molecule has 2 amide bonds. The van der Waals surface area contributed by atoms with E-state index in [4.69, 9.17) is 11.6 Å². The summed E-state index contributed by atoms with van der Waals surface area (Å²) in [6, 6.07) is 14.4. The van der Waals surface area contributed by atoms with Gasteiger partial charge in [-0.1, -0.05) is 49.2 Å². The molecule has 2 aromatic carbocycles. The van der Waals surface area contributed by atoms with Gasteiger partial charge in [-0.05, 0) is 36.2 Å². The molecule has 0 fully saturated rings. The van der Waals surface area contributed by atoms with Gasteiger partial charge in [0.05, 0.1) is 6.54 Å². The fourth-order valence-electron chi connectivity index (χ4n) is 2.38. The molecule has 0 aliphatic carbocycles. The van der Waals surface area contributed by atoms with Crippen LogP contribution < -0.4 is 16.0 Å². The summed E-state index contributed by atoms with van der Waals surface area (Å²) in [6.45, 7) is 3.38. The van der Waals surface area contributed by atoms with Gasteiger partial charge in [0.25, 0.3) is 5.91 Å². The monoisotopic (exact) mass is 373 g/mol. The summed E-state index contributed by atoms with van der Waals surface area (Å²) in [5, 5.41) is 9.38. The highest BCUT2D eigenvalue weighted by Crippen LogP contribution is 2.14. The zero-order valence-corrected chi connectivity index (χ0v) is 15.6. The number of carbonyl (C=O) groups excluding carboxylic acids is 2. The van der Waals surface area contributed by atoms with E-state index >= 15 is 0 Å². The first-order chi connectivity index (χ1) is 12.6. The molecule has 0 radical (unpaired) electrons. The van der Waals surface area contributed by atoms with Gasteiger partial charge in [-0.25, -0.2) is 0 Å². The third-order valence-corrected chi connectivity index (χ3v) is 4.15. The molecular weight excluding hydrogens is 350 g/mol. The topological polar surface area (TPSA) is 70.2 Å². The Morgan fingerprint density at radius 1 is 1.08 bits per heavy atom. The predicted octanol–water partition coefficient (Wildman–Crippen LogP) is 3.60. The summed E-state index contributed by atoms with van der Waals surface area (Å²) >= 11 is 6.08. The van der Waals surface area contributed by atoms with Gasteiger partial charge in [-0.15, -0.1) is 0 Å². The van der Waals surface area contributed by atoms with Crippen molar-refractivity contribution in [3.8, 4) is 0 Å². The van der Waals surface area contributed by atoms with Crippen molar-refractivity contribution in [2.75, 3.05) is 18.4 Å². The Kier molecular flexibility index (Phi) is 8.12. The molecule has 3 N–H and O–H groups in total. The lowest BCUT2D eigenvalue weighted by molar-refractivity contribution is -0.115. The lowest BCUT2D eigenvalue weighted by atomic mass is 10.2. The zero-order chi connectivity index (χ0) is 18.8. The first-order valence-electron chi connectivity index (χ1n) is 8.72. The summed E-state index contributed by atoms with van der Waals surface area (Å²) in [7, 11) is 0. The average Bonchev–Trinajstić information content (AvgIpc) is 2.63. The number of halogens is 1. The van der Waals surface area contributed by atoms with Crippen LogP contribution in [0.15, 0.2) is 48.5 Å². The fourth-order valence-corrected chi connectivity index (χ4v) is 2.58. The normalized spacial score (nSPS) is 10.4. The summed E-state index contributed by atoms with van der Waals surface area (Å²) in [4.78, 5) is 24.1. The van der Waals surface area contributed by atoms with Gasteiger partial charge in [0.1, 0.15) is 0 Å². The smallest absolute Gasteiger partial charge is 0.251 e. The Balaban J connectivity index is 1.82. The van der Waals surface area contributed by atoms with Crippen molar-refractivity contribution in [1.82, 2.24) is 10.6 Å². The number of carbonyl (C=O) groups is 2. The SMILES string of the molecule is CCCCNC(=O)c1cccc(NC(=O)CNCc2ccccc2Cl)c1. The minimum Gasteiger partial charge on any atom is -0.352 e. The van der Waals surface area contributed by atoms with Gasteiger partial charge in [0.2, 0.25) is 5.91 Å². The van der Waals surface area contributed by atoms with E-state index in [0.29, 0.717) is 29.4 Å². The quantitative estimate of drug-likeness (QED) is 0.588. The number of unbranched alkanes of at least 4 members (excludes halogenated alkanes) is 1. The second kappa shape index (κ2) is 10.6. The van der Waals surface area contributed by atoms with Gasteiger partial charge in [0.15, 0.2) is 0 Å². The molecule has 0 saturated carbocycles. The Hall–Kier alpha value is -2.37. The molecule has 0 aromatic heterocycles. The second-order valence-corrected chi connectivity index (χ2v) is 6.34. The Bertz CT molecular complexity index is 749. The highest BCUT2D eigenvalue weighted by molar-refractivity contribution is 6.31. The highest BCUT2D eigenvalue weighted by atomic mass is 35.5. The molecule has 0 saturated heterocycles.